The Balaban J connectivity index is 1.45. The molecule has 2 aromatic carbocycles. The van der Waals surface area contributed by atoms with E-state index in [2.05, 4.69) is 34.3 Å². The van der Waals surface area contributed by atoms with E-state index in [9.17, 15) is 9.90 Å². The minimum Gasteiger partial charge on any atom is -0.478 e. The van der Waals surface area contributed by atoms with Crippen molar-refractivity contribution in [3.63, 3.8) is 0 Å². The predicted octanol–water partition coefficient (Wildman–Crippen LogP) is 5.20. The Labute approximate surface area is 169 Å². The average molecular weight is 393 g/mol. The van der Waals surface area contributed by atoms with E-state index < -0.39 is 5.97 Å². The van der Waals surface area contributed by atoms with Crippen LogP contribution in [0.15, 0.2) is 53.9 Å². The normalized spacial score (nSPS) is 17.5. The maximum Gasteiger partial charge on any atom is 0.336 e. The van der Waals surface area contributed by atoms with Gasteiger partial charge in [0, 0.05) is 30.1 Å². The zero-order chi connectivity index (χ0) is 19.5. The molecule has 1 fully saturated rings. The monoisotopic (exact) mass is 392 g/mol. The number of likely N-dealkylation sites (tertiary alicyclic amines) is 1. The molecule has 1 aliphatic heterocycles. The molecule has 2 heterocycles. The molecule has 4 nitrogen and oxygen atoms in total. The van der Waals surface area contributed by atoms with Crippen LogP contribution in [0.1, 0.15) is 45.4 Å². The number of carboxylic acid groups (broad SMARTS) is 1. The van der Waals surface area contributed by atoms with Crippen LogP contribution >= 0.6 is 11.3 Å². The topological polar surface area (TPSA) is 53.4 Å². The first-order chi connectivity index (χ1) is 13.6. The number of aromatic nitrogens is 1. The Morgan fingerprint density at radius 3 is 2.71 bits per heavy atom. The fourth-order valence-corrected chi connectivity index (χ4v) is 4.86. The first kappa shape index (κ1) is 18.8. The van der Waals surface area contributed by atoms with Gasteiger partial charge in [0.25, 0.3) is 0 Å². The van der Waals surface area contributed by atoms with Crippen molar-refractivity contribution in [3.8, 4) is 11.1 Å². The second kappa shape index (κ2) is 8.25. The molecular formula is C23H24N2O2S. The highest BCUT2D eigenvalue weighted by atomic mass is 32.1. The van der Waals surface area contributed by atoms with E-state index >= 15 is 0 Å². The van der Waals surface area contributed by atoms with Gasteiger partial charge in [0.15, 0.2) is 0 Å². The summed E-state index contributed by atoms with van der Waals surface area (Å²) < 4.78 is 0. The maximum atomic E-state index is 11.5. The molecule has 1 atom stereocenters. The number of piperidine rings is 1. The van der Waals surface area contributed by atoms with E-state index in [4.69, 9.17) is 0 Å². The first-order valence-electron chi connectivity index (χ1n) is 9.66. The molecule has 28 heavy (non-hydrogen) atoms. The van der Waals surface area contributed by atoms with Crippen LogP contribution in [0.3, 0.4) is 0 Å². The van der Waals surface area contributed by atoms with Crippen molar-refractivity contribution in [3.05, 3.63) is 75.7 Å². The van der Waals surface area contributed by atoms with Crippen LogP contribution in [0.2, 0.25) is 0 Å². The number of benzene rings is 2. The van der Waals surface area contributed by atoms with Crippen molar-refractivity contribution in [2.75, 3.05) is 13.1 Å². The number of carbonyl (C=O) groups is 1. The van der Waals surface area contributed by atoms with Crippen molar-refractivity contribution in [2.45, 2.75) is 32.2 Å². The molecule has 1 N–H and O–H groups in total. The highest BCUT2D eigenvalue weighted by molar-refractivity contribution is 7.09. The van der Waals surface area contributed by atoms with E-state index in [1.54, 1.807) is 23.5 Å². The van der Waals surface area contributed by atoms with Gasteiger partial charge >= 0.3 is 5.97 Å². The van der Waals surface area contributed by atoms with E-state index in [-0.39, 0.29) is 0 Å². The Morgan fingerprint density at radius 2 is 2.00 bits per heavy atom. The van der Waals surface area contributed by atoms with Crippen LogP contribution in [0, 0.1) is 6.92 Å². The third-order valence-electron chi connectivity index (χ3n) is 5.32. The first-order valence-corrected chi connectivity index (χ1v) is 10.5. The Hall–Kier alpha value is -2.50. The van der Waals surface area contributed by atoms with Gasteiger partial charge in [-0.25, -0.2) is 9.78 Å². The Bertz CT molecular complexity index is 965. The van der Waals surface area contributed by atoms with Crippen molar-refractivity contribution >= 4 is 17.3 Å². The van der Waals surface area contributed by atoms with Crippen LogP contribution in [0.5, 0.6) is 0 Å². The van der Waals surface area contributed by atoms with Gasteiger partial charge in [0.2, 0.25) is 0 Å². The molecule has 0 amide bonds. The molecule has 1 saturated heterocycles. The largest absolute Gasteiger partial charge is 0.478 e. The lowest BCUT2D eigenvalue weighted by atomic mass is 9.97. The molecule has 0 bridgehead atoms. The van der Waals surface area contributed by atoms with Gasteiger partial charge < -0.3 is 5.11 Å². The number of nitrogens with zero attached hydrogens (tertiary/aromatic N) is 2. The fraction of sp³-hybridized carbons (Fsp3) is 0.304. The number of carboxylic acids is 1. The van der Waals surface area contributed by atoms with Crippen molar-refractivity contribution < 1.29 is 9.90 Å². The Morgan fingerprint density at radius 1 is 1.21 bits per heavy atom. The standard InChI is InChI=1S/C23H24N2O2S/c1-16-15-28-22(24-16)19-5-4-12-25(14-19)13-17-8-10-18(11-9-17)20-6-2-3-7-21(20)23(26)27/h2-3,6-11,15,19H,4-5,12-14H2,1H3,(H,26,27). The van der Waals surface area contributed by atoms with Crippen molar-refractivity contribution in [1.82, 2.24) is 9.88 Å². The molecule has 1 unspecified atom stereocenters. The summed E-state index contributed by atoms with van der Waals surface area (Å²) in [5.74, 6) is -0.356. The summed E-state index contributed by atoms with van der Waals surface area (Å²) in [6.07, 6.45) is 2.42. The number of hydrogen-bond donors (Lipinski definition) is 1. The minimum absolute atomic E-state index is 0.341. The number of rotatable bonds is 5. The quantitative estimate of drug-likeness (QED) is 0.649. The molecule has 144 valence electrons. The molecule has 0 aliphatic carbocycles. The zero-order valence-corrected chi connectivity index (χ0v) is 16.8. The van der Waals surface area contributed by atoms with E-state index in [1.165, 1.54) is 23.4 Å². The molecule has 1 aliphatic rings. The molecule has 0 radical (unpaired) electrons. The summed E-state index contributed by atoms with van der Waals surface area (Å²) in [6.45, 7) is 5.15. The van der Waals surface area contributed by atoms with Crippen molar-refractivity contribution in [2.24, 2.45) is 0 Å². The molecular weight excluding hydrogens is 368 g/mol. The molecule has 3 aromatic rings. The highest BCUT2D eigenvalue weighted by Gasteiger charge is 2.23. The van der Waals surface area contributed by atoms with Gasteiger partial charge in [0.1, 0.15) is 0 Å². The van der Waals surface area contributed by atoms with E-state index in [0.717, 1.165) is 36.5 Å². The van der Waals surface area contributed by atoms with E-state index in [1.807, 2.05) is 24.3 Å². The smallest absolute Gasteiger partial charge is 0.336 e. The number of aryl methyl sites for hydroxylation is 1. The second-order valence-electron chi connectivity index (χ2n) is 7.45. The summed E-state index contributed by atoms with van der Waals surface area (Å²) in [7, 11) is 0. The predicted molar refractivity (Wildman–Crippen MR) is 113 cm³/mol. The SMILES string of the molecule is Cc1csc(C2CCCN(Cc3ccc(-c4ccccc4C(=O)O)cc3)C2)n1. The Kier molecular flexibility index (Phi) is 5.55. The summed E-state index contributed by atoms with van der Waals surface area (Å²) in [4.78, 5) is 18.7. The molecule has 0 saturated carbocycles. The van der Waals surface area contributed by atoms with Crippen LogP contribution < -0.4 is 0 Å². The van der Waals surface area contributed by atoms with Gasteiger partial charge in [-0.2, -0.15) is 0 Å². The average Bonchev–Trinajstić information content (AvgIpc) is 3.15. The zero-order valence-electron chi connectivity index (χ0n) is 16.0. The number of aromatic carboxylic acids is 1. The highest BCUT2D eigenvalue weighted by Crippen LogP contribution is 2.30. The summed E-state index contributed by atoms with van der Waals surface area (Å²) >= 11 is 1.78. The fourth-order valence-electron chi connectivity index (χ4n) is 3.93. The van der Waals surface area contributed by atoms with Crippen LogP contribution in [-0.2, 0) is 6.54 Å². The summed E-state index contributed by atoms with van der Waals surface area (Å²) in [5, 5.41) is 12.8. The van der Waals surface area contributed by atoms with Gasteiger partial charge in [-0.15, -0.1) is 11.3 Å². The van der Waals surface area contributed by atoms with Gasteiger partial charge in [-0.05, 0) is 49.1 Å². The lowest BCUT2D eigenvalue weighted by Gasteiger charge is -2.31. The minimum atomic E-state index is -0.892. The lowest BCUT2D eigenvalue weighted by Crippen LogP contribution is -2.33. The van der Waals surface area contributed by atoms with Gasteiger partial charge in [-0.1, -0.05) is 42.5 Å². The van der Waals surface area contributed by atoms with Crippen LogP contribution in [-0.4, -0.2) is 34.0 Å². The molecule has 5 heteroatoms. The van der Waals surface area contributed by atoms with Gasteiger partial charge in [0.05, 0.1) is 10.6 Å². The summed E-state index contributed by atoms with van der Waals surface area (Å²) in [6, 6.07) is 15.5. The third kappa shape index (κ3) is 4.16. The molecule has 1 aromatic heterocycles. The molecule has 4 rings (SSSR count). The van der Waals surface area contributed by atoms with Crippen LogP contribution in [0.4, 0.5) is 0 Å². The third-order valence-corrected chi connectivity index (χ3v) is 6.45. The van der Waals surface area contributed by atoms with Gasteiger partial charge in [-0.3, -0.25) is 4.90 Å². The maximum absolute atomic E-state index is 11.5. The second-order valence-corrected chi connectivity index (χ2v) is 8.34. The van der Waals surface area contributed by atoms with E-state index in [0.29, 0.717) is 11.5 Å². The van der Waals surface area contributed by atoms with Crippen LogP contribution in [0.25, 0.3) is 11.1 Å². The number of hydrogen-bond acceptors (Lipinski definition) is 4. The van der Waals surface area contributed by atoms with Crippen molar-refractivity contribution in [1.29, 1.82) is 0 Å². The summed E-state index contributed by atoms with van der Waals surface area (Å²) in [5.41, 5.74) is 4.42. The lowest BCUT2D eigenvalue weighted by molar-refractivity contribution is 0.0697. The number of thiazole rings is 1. The molecule has 0 spiro atoms.